The summed E-state index contributed by atoms with van der Waals surface area (Å²) >= 11 is 0. The summed E-state index contributed by atoms with van der Waals surface area (Å²) < 4.78 is 0. The van der Waals surface area contributed by atoms with E-state index in [1.54, 1.807) is 0 Å². The number of hydrogen-bond donors (Lipinski definition) is 10. The van der Waals surface area contributed by atoms with Gasteiger partial charge < -0.3 is 51.1 Å². The van der Waals surface area contributed by atoms with Crippen LogP contribution in [0, 0.1) is 0 Å². The summed E-state index contributed by atoms with van der Waals surface area (Å²) in [6.07, 6.45) is -8.58. The van der Waals surface area contributed by atoms with Crippen LogP contribution < -0.4 is 0 Å². The molecule has 0 fully saturated rings. The fourth-order valence-electron chi connectivity index (χ4n) is 0.945. The molecule has 0 rings (SSSR count). The normalized spacial score (nSPS) is 18.8. The molecule has 10 N–H and O–H groups in total. The van der Waals surface area contributed by atoms with E-state index in [0.717, 1.165) is 0 Å². The van der Waals surface area contributed by atoms with Crippen LogP contribution in [0.2, 0.25) is 0 Å². The fourth-order valence-corrected chi connectivity index (χ4v) is 0.945. The lowest BCUT2D eigenvalue weighted by Gasteiger charge is -2.19. The van der Waals surface area contributed by atoms with Crippen molar-refractivity contribution in [2.75, 3.05) is 26.4 Å². The highest BCUT2D eigenvalue weighted by Crippen LogP contribution is 1.98. The Labute approximate surface area is 115 Å². The Kier molecular flexibility index (Phi) is 13.5. The molecule has 0 saturated heterocycles. The number of rotatable bonds is 8. The van der Waals surface area contributed by atoms with E-state index >= 15 is 0 Å². The molecule has 10 heteroatoms. The van der Waals surface area contributed by atoms with Gasteiger partial charge in [-0.1, -0.05) is 0 Å². The molecular weight excluding hydrogens is 280 g/mol. The molecule has 0 aliphatic rings. The first-order chi connectivity index (χ1) is 9.26. The van der Waals surface area contributed by atoms with Crippen molar-refractivity contribution in [3.8, 4) is 0 Å². The minimum absolute atomic E-state index is 0.641. The topological polar surface area (TPSA) is 202 Å². The first-order valence-corrected chi connectivity index (χ1v) is 5.78. The van der Waals surface area contributed by atoms with Crippen LogP contribution in [0.1, 0.15) is 0 Å². The summed E-state index contributed by atoms with van der Waals surface area (Å²) in [5, 5.41) is 85.1. The third kappa shape index (κ3) is 8.71. The van der Waals surface area contributed by atoms with Gasteiger partial charge in [0.15, 0.2) is 0 Å². The zero-order chi connectivity index (χ0) is 16.3. The highest BCUT2D eigenvalue weighted by Gasteiger charge is 2.23. The van der Waals surface area contributed by atoms with Crippen molar-refractivity contribution in [3.63, 3.8) is 0 Å². The second-order valence-corrected chi connectivity index (χ2v) is 3.98. The van der Waals surface area contributed by atoms with E-state index in [0.29, 0.717) is 0 Å². The lowest BCUT2D eigenvalue weighted by Crippen LogP contribution is -2.41. The summed E-state index contributed by atoms with van der Waals surface area (Å²) in [7, 11) is 0. The van der Waals surface area contributed by atoms with Crippen LogP contribution in [0.15, 0.2) is 0 Å². The van der Waals surface area contributed by atoms with Gasteiger partial charge in [-0.2, -0.15) is 0 Å². The van der Waals surface area contributed by atoms with Gasteiger partial charge in [-0.3, -0.25) is 0 Å². The highest BCUT2D eigenvalue weighted by molar-refractivity contribution is 4.73. The molecule has 0 aromatic rings. The van der Waals surface area contributed by atoms with Gasteiger partial charge in [-0.05, 0) is 0 Å². The maximum absolute atomic E-state index is 8.77. The lowest BCUT2D eigenvalue weighted by molar-refractivity contribution is -0.0900. The predicted octanol–water partition coefficient (Wildman–Crippen LogP) is -5.89. The van der Waals surface area contributed by atoms with Gasteiger partial charge in [0, 0.05) is 0 Å². The van der Waals surface area contributed by atoms with Gasteiger partial charge in [-0.25, -0.2) is 0 Å². The van der Waals surface area contributed by atoms with Crippen LogP contribution in [0.5, 0.6) is 0 Å². The van der Waals surface area contributed by atoms with E-state index in [-0.39, 0.29) is 0 Å². The number of aliphatic hydroxyl groups excluding tert-OH is 10. The smallest absolute Gasteiger partial charge is 0.110 e. The molecule has 0 aliphatic carbocycles. The van der Waals surface area contributed by atoms with Crippen LogP contribution in [0.25, 0.3) is 0 Å². The van der Waals surface area contributed by atoms with Crippen LogP contribution in [0.3, 0.4) is 0 Å². The lowest BCUT2D eigenvalue weighted by atomic mass is 10.1. The maximum atomic E-state index is 8.77. The zero-order valence-electron chi connectivity index (χ0n) is 10.8. The second-order valence-electron chi connectivity index (χ2n) is 3.98. The standard InChI is InChI=1S/2C5H12O5/c2*6-1-3(8)5(10)4(9)2-7/h2*3-10H,1-2H2/t3-,4-;/m1./s1. The second kappa shape index (κ2) is 12.3. The molecule has 0 aromatic heterocycles. The molecule has 0 bridgehead atoms. The fraction of sp³-hybridized carbons (Fsp3) is 1.00. The molecule has 2 unspecified atom stereocenters. The van der Waals surface area contributed by atoms with E-state index in [1.807, 2.05) is 0 Å². The number of aliphatic hydroxyl groups is 10. The van der Waals surface area contributed by atoms with Gasteiger partial charge in [0.1, 0.15) is 36.6 Å². The van der Waals surface area contributed by atoms with E-state index in [4.69, 9.17) is 51.1 Å². The Morgan fingerprint density at radius 2 is 0.550 bits per heavy atom. The van der Waals surface area contributed by atoms with Crippen molar-refractivity contribution in [3.05, 3.63) is 0 Å². The first kappa shape index (κ1) is 21.9. The summed E-state index contributed by atoms with van der Waals surface area (Å²) in [6, 6.07) is 0. The first-order valence-electron chi connectivity index (χ1n) is 5.78. The zero-order valence-corrected chi connectivity index (χ0v) is 10.8. The van der Waals surface area contributed by atoms with Crippen LogP contribution >= 0.6 is 0 Å². The monoisotopic (exact) mass is 304 g/mol. The van der Waals surface area contributed by atoms with Crippen LogP contribution in [-0.4, -0.2) is 114 Å². The molecule has 20 heavy (non-hydrogen) atoms. The summed E-state index contributed by atoms with van der Waals surface area (Å²) in [5.74, 6) is 0. The molecule has 0 aliphatic heterocycles. The Morgan fingerprint density at radius 1 is 0.400 bits per heavy atom. The van der Waals surface area contributed by atoms with Gasteiger partial charge in [-0.15, -0.1) is 0 Å². The Morgan fingerprint density at radius 3 is 0.650 bits per heavy atom. The van der Waals surface area contributed by atoms with Crippen molar-refractivity contribution in [1.82, 2.24) is 0 Å². The molecule has 10 nitrogen and oxygen atoms in total. The van der Waals surface area contributed by atoms with Crippen molar-refractivity contribution in [1.29, 1.82) is 0 Å². The minimum Gasteiger partial charge on any atom is -0.394 e. The van der Waals surface area contributed by atoms with Gasteiger partial charge >= 0.3 is 0 Å². The van der Waals surface area contributed by atoms with E-state index in [1.165, 1.54) is 0 Å². The molecule has 0 spiro atoms. The van der Waals surface area contributed by atoms with Crippen LogP contribution in [0.4, 0.5) is 0 Å². The molecule has 0 aromatic carbocycles. The SMILES string of the molecule is OCC(O)C(O)C(O)CO.OC[C@@H](O)C(O)[C@H](O)CO. The van der Waals surface area contributed by atoms with E-state index in [9.17, 15) is 0 Å². The largest absolute Gasteiger partial charge is 0.394 e. The van der Waals surface area contributed by atoms with Crippen LogP contribution in [-0.2, 0) is 0 Å². The van der Waals surface area contributed by atoms with E-state index in [2.05, 4.69) is 0 Å². The van der Waals surface area contributed by atoms with Gasteiger partial charge in [0.25, 0.3) is 0 Å². The summed E-state index contributed by atoms with van der Waals surface area (Å²) in [5.41, 5.74) is 0. The molecular formula is C10H24O10. The van der Waals surface area contributed by atoms with Crippen molar-refractivity contribution in [2.24, 2.45) is 0 Å². The van der Waals surface area contributed by atoms with E-state index < -0.39 is 63.1 Å². The maximum Gasteiger partial charge on any atom is 0.110 e. The Bertz CT molecular complexity index is 174. The average Bonchev–Trinajstić information content (AvgIpc) is 2.50. The molecule has 4 atom stereocenters. The van der Waals surface area contributed by atoms with Crippen molar-refractivity contribution in [2.45, 2.75) is 36.6 Å². The molecule has 124 valence electrons. The summed E-state index contributed by atoms with van der Waals surface area (Å²) in [6.45, 7) is -2.56. The summed E-state index contributed by atoms with van der Waals surface area (Å²) in [4.78, 5) is 0. The Hall–Kier alpha value is -0.400. The average molecular weight is 304 g/mol. The highest BCUT2D eigenvalue weighted by atomic mass is 16.4. The Balaban J connectivity index is 0. The molecule has 0 heterocycles. The minimum atomic E-state index is -1.49. The predicted molar refractivity (Wildman–Crippen MR) is 64.4 cm³/mol. The van der Waals surface area contributed by atoms with Crippen molar-refractivity contribution >= 4 is 0 Å². The van der Waals surface area contributed by atoms with Crippen molar-refractivity contribution < 1.29 is 51.1 Å². The molecule has 0 radical (unpaired) electrons. The molecule has 0 amide bonds. The molecule has 0 saturated carbocycles. The third-order valence-electron chi connectivity index (χ3n) is 2.33. The third-order valence-corrected chi connectivity index (χ3v) is 2.33. The number of hydrogen-bond acceptors (Lipinski definition) is 10. The van der Waals surface area contributed by atoms with Gasteiger partial charge in [0.05, 0.1) is 26.4 Å². The quantitative estimate of drug-likeness (QED) is 0.206. The van der Waals surface area contributed by atoms with Gasteiger partial charge in [0.2, 0.25) is 0 Å².